The van der Waals surface area contributed by atoms with Crippen LogP contribution in [0.25, 0.3) is 0 Å². The lowest BCUT2D eigenvalue weighted by molar-refractivity contribution is -0.147. The SMILES string of the molecule is Cc1ccc(NC(=O)CN2C(=O)[C@H](C)S[C@@H](C)C2=O)cc1Cl. The molecule has 1 aromatic carbocycles. The number of carbonyl (C=O) groups is 3. The van der Waals surface area contributed by atoms with Gasteiger partial charge in [0.15, 0.2) is 0 Å². The molecule has 1 aliphatic heterocycles. The summed E-state index contributed by atoms with van der Waals surface area (Å²) in [5.74, 6) is -1.08. The van der Waals surface area contributed by atoms with Gasteiger partial charge in [0, 0.05) is 10.7 Å². The van der Waals surface area contributed by atoms with Crippen LogP contribution in [-0.2, 0) is 14.4 Å². The second-order valence-electron chi connectivity index (χ2n) is 5.20. The van der Waals surface area contributed by atoms with Crippen LogP contribution in [0.5, 0.6) is 0 Å². The number of benzene rings is 1. The number of nitrogens with one attached hydrogen (secondary N) is 1. The lowest BCUT2D eigenvalue weighted by atomic mass is 10.2. The standard InChI is InChI=1S/C15H17ClN2O3S/c1-8-4-5-11(6-12(8)16)17-13(19)7-18-14(20)9(2)22-10(3)15(18)21/h4-6,9-10H,7H2,1-3H3,(H,17,19)/t9-,10-/m0/s1. The summed E-state index contributed by atoms with van der Waals surface area (Å²) in [7, 11) is 0. The third-order valence-corrected chi connectivity index (χ3v) is 5.02. The van der Waals surface area contributed by atoms with Crippen molar-refractivity contribution < 1.29 is 14.4 Å². The van der Waals surface area contributed by atoms with Crippen LogP contribution in [0.3, 0.4) is 0 Å². The molecule has 0 unspecified atom stereocenters. The highest BCUT2D eigenvalue weighted by Crippen LogP contribution is 2.27. The van der Waals surface area contributed by atoms with Crippen LogP contribution >= 0.6 is 23.4 Å². The van der Waals surface area contributed by atoms with Gasteiger partial charge in [0.25, 0.3) is 0 Å². The van der Waals surface area contributed by atoms with Crippen molar-refractivity contribution in [3.8, 4) is 0 Å². The van der Waals surface area contributed by atoms with E-state index in [4.69, 9.17) is 11.6 Å². The van der Waals surface area contributed by atoms with E-state index in [1.54, 1.807) is 32.0 Å². The van der Waals surface area contributed by atoms with Crippen molar-refractivity contribution in [3.05, 3.63) is 28.8 Å². The van der Waals surface area contributed by atoms with Gasteiger partial charge >= 0.3 is 0 Å². The molecule has 5 nitrogen and oxygen atoms in total. The molecule has 0 spiro atoms. The minimum absolute atomic E-state index is 0.279. The molecule has 2 atom stereocenters. The van der Waals surface area contributed by atoms with Crippen LogP contribution in [0.4, 0.5) is 5.69 Å². The molecule has 118 valence electrons. The van der Waals surface area contributed by atoms with Crippen LogP contribution < -0.4 is 5.32 Å². The molecule has 1 saturated heterocycles. The van der Waals surface area contributed by atoms with Gasteiger partial charge in [-0.2, -0.15) is 0 Å². The van der Waals surface area contributed by atoms with E-state index in [0.29, 0.717) is 10.7 Å². The zero-order valence-electron chi connectivity index (χ0n) is 12.6. The van der Waals surface area contributed by atoms with Crippen molar-refractivity contribution in [2.45, 2.75) is 31.3 Å². The minimum Gasteiger partial charge on any atom is -0.324 e. The lowest BCUT2D eigenvalue weighted by Gasteiger charge is -2.31. The van der Waals surface area contributed by atoms with E-state index in [-0.39, 0.29) is 28.9 Å². The maximum atomic E-state index is 12.1. The molecule has 1 N–H and O–H groups in total. The first-order valence-electron chi connectivity index (χ1n) is 6.86. The van der Waals surface area contributed by atoms with E-state index in [9.17, 15) is 14.4 Å². The third-order valence-electron chi connectivity index (χ3n) is 3.39. The number of rotatable bonds is 3. The van der Waals surface area contributed by atoms with Crippen molar-refractivity contribution in [1.29, 1.82) is 0 Å². The average molecular weight is 341 g/mol. The molecule has 2 rings (SSSR count). The van der Waals surface area contributed by atoms with E-state index in [1.165, 1.54) is 11.8 Å². The first-order chi connectivity index (χ1) is 10.3. The molecule has 0 saturated carbocycles. The highest BCUT2D eigenvalue weighted by molar-refractivity contribution is 8.02. The second-order valence-corrected chi connectivity index (χ2v) is 7.29. The Morgan fingerprint density at radius 3 is 2.41 bits per heavy atom. The van der Waals surface area contributed by atoms with Crippen LogP contribution in [0.2, 0.25) is 5.02 Å². The molecule has 1 heterocycles. The molecule has 22 heavy (non-hydrogen) atoms. The summed E-state index contributed by atoms with van der Waals surface area (Å²) < 4.78 is 0. The summed E-state index contributed by atoms with van der Waals surface area (Å²) in [6, 6.07) is 5.14. The quantitative estimate of drug-likeness (QED) is 0.858. The molecule has 1 aromatic rings. The van der Waals surface area contributed by atoms with Crippen molar-refractivity contribution in [2.75, 3.05) is 11.9 Å². The summed E-state index contributed by atoms with van der Waals surface area (Å²) in [6.45, 7) is 5.05. The number of thioether (sulfide) groups is 1. The molecule has 1 fully saturated rings. The summed E-state index contributed by atoms with van der Waals surface area (Å²) in [6.07, 6.45) is 0. The minimum atomic E-state index is -0.423. The Morgan fingerprint density at radius 2 is 1.86 bits per heavy atom. The molecule has 0 radical (unpaired) electrons. The number of hydrogen-bond donors (Lipinski definition) is 1. The number of nitrogens with zero attached hydrogens (tertiary/aromatic N) is 1. The monoisotopic (exact) mass is 340 g/mol. The van der Waals surface area contributed by atoms with Gasteiger partial charge in [-0.3, -0.25) is 19.3 Å². The zero-order valence-corrected chi connectivity index (χ0v) is 14.1. The predicted molar refractivity (Wildman–Crippen MR) is 88.1 cm³/mol. The maximum absolute atomic E-state index is 12.1. The summed E-state index contributed by atoms with van der Waals surface area (Å²) in [5, 5.41) is 2.55. The number of hydrogen-bond acceptors (Lipinski definition) is 4. The first-order valence-corrected chi connectivity index (χ1v) is 8.18. The van der Waals surface area contributed by atoms with Gasteiger partial charge < -0.3 is 5.32 Å². The van der Waals surface area contributed by atoms with Gasteiger partial charge in [-0.15, -0.1) is 11.8 Å². The van der Waals surface area contributed by atoms with Crippen molar-refractivity contribution >= 4 is 46.8 Å². The van der Waals surface area contributed by atoms with Crippen molar-refractivity contribution in [1.82, 2.24) is 4.90 Å². The Labute approximate surface area is 138 Å². The number of imide groups is 1. The molecular weight excluding hydrogens is 324 g/mol. The normalized spacial score (nSPS) is 21.9. The van der Waals surface area contributed by atoms with Gasteiger partial charge in [0.2, 0.25) is 17.7 Å². The number of anilines is 1. The molecule has 1 aliphatic rings. The Balaban J connectivity index is 2.05. The first kappa shape index (κ1) is 16.8. The van der Waals surface area contributed by atoms with E-state index in [2.05, 4.69) is 5.32 Å². The number of amides is 3. The number of aryl methyl sites for hydroxylation is 1. The molecule has 7 heteroatoms. The van der Waals surface area contributed by atoms with E-state index in [0.717, 1.165) is 10.5 Å². The summed E-state index contributed by atoms with van der Waals surface area (Å²) >= 11 is 7.31. The van der Waals surface area contributed by atoms with E-state index in [1.807, 2.05) is 6.92 Å². The Hall–Kier alpha value is -1.53. The van der Waals surface area contributed by atoms with Crippen molar-refractivity contribution in [3.63, 3.8) is 0 Å². The topological polar surface area (TPSA) is 66.5 Å². The van der Waals surface area contributed by atoms with Crippen LogP contribution in [0, 0.1) is 6.92 Å². The fraction of sp³-hybridized carbons (Fsp3) is 0.400. The maximum Gasteiger partial charge on any atom is 0.244 e. The summed E-state index contributed by atoms with van der Waals surface area (Å²) in [5.41, 5.74) is 1.44. The molecular formula is C15H17ClN2O3S. The third kappa shape index (κ3) is 3.62. The van der Waals surface area contributed by atoms with Crippen LogP contribution in [0.15, 0.2) is 18.2 Å². The Bertz CT molecular complexity index is 615. The average Bonchev–Trinajstić information content (AvgIpc) is 2.45. The summed E-state index contributed by atoms with van der Waals surface area (Å²) in [4.78, 5) is 37.2. The molecule has 0 aromatic heterocycles. The molecule has 3 amide bonds. The zero-order chi connectivity index (χ0) is 16.4. The molecule has 0 bridgehead atoms. The van der Waals surface area contributed by atoms with Crippen molar-refractivity contribution in [2.24, 2.45) is 0 Å². The fourth-order valence-corrected chi connectivity index (χ4v) is 3.42. The van der Waals surface area contributed by atoms with E-state index >= 15 is 0 Å². The smallest absolute Gasteiger partial charge is 0.244 e. The van der Waals surface area contributed by atoms with Crippen LogP contribution in [-0.4, -0.2) is 39.7 Å². The Morgan fingerprint density at radius 1 is 1.27 bits per heavy atom. The van der Waals surface area contributed by atoms with Gasteiger partial charge in [-0.1, -0.05) is 17.7 Å². The molecule has 0 aliphatic carbocycles. The van der Waals surface area contributed by atoms with Crippen LogP contribution in [0.1, 0.15) is 19.4 Å². The van der Waals surface area contributed by atoms with Gasteiger partial charge in [0.1, 0.15) is 6.54 Å². The fourth-order valence-electron chi connectivity index (χ4n) is 2.14. The van der Waals surface area contributed by atoms with Gasteiger partial charge in [-0.05, 0) is 38.5 Å². The van der Waals surface area contributed by atoms with E-state index < -0.39 is 5.91 Å². The van der Waals surface area contributed by atoms with Gasteiger partial charge in [0.05, 0.1) is 10.5 Å². The Kier molecular flexibility index (Phi) is 5.13. The number of halogens is 1. The highest BCUT2D eigenvalue weighted by atomic mass is 35.5. The largest absolute Gasteiger partial charge is 0.324 e. The second kappa shape index (κ2) is 6.71. The predicted octanol–water partition coefficient (Wildman–Crippen LogP) is 2.47. The lowest BCUT2D eigenvalue weighted by Crippen LogP contribution is -2.52. The number of carbonyl (C=O) groups excluding carboxylic acids is 3. The van der Waals surface area contributed by atoms with Gasteiger partial charge in [-0.25, -0.2) is 0 Å². The highest BCUT2D eigenvalue weighted by Gasteiger charge is 2.37.